The zero-order valence-electron chi connectivity index (χ0n) is 13.2. The first-order valence-corrected chi connectivity index (χ1v) is 7.64. The van der Waals surface area contributed by atoms with Gasteiger partial charge in [0, 0.05) is 13.5 Å². The van der Waals surface area contributed by atoms with Crippen molar-refractivity contribution in [1.29, 1.82) is 0 Å². The zero-order chi connectivity index (χ0) is 16.5. The maximum absolute atomic E-state index is 12.4. The molecule has 23 heavy (non-hydrogen) atoms. The molecule has 0 fully saturated rings. The van der Waals surface area contributed by atoms with Crippen LogP contribution in [0, 0.1) is 5.92 Å². The maximum atomic E-state index is 12.4. The van der Waals surface area contributed by atoms with E-state index in [1.165, 1.54) is 0 Å². The minimum absolute atomic E-state index is 0.124. The Morgan fingerprint density at radius 1 is 0.957 bits per heavy atom. The van der Waals surface area contributed by atoms with E-state index in [0.717, 1.165) is 11.1 Å². The second-order valence-electron chi connectivity index (χ2n) is 5.36. The SMILES string of the molecule is CNC(=O)C[C@@H](Cc1ccccc1)C(=O)OCc1ccccc1. The molecule has 0 saturated carbocycles. The molecule has 4 nitrogen and oxygen atoms in total. The van der Waals surface area contributed by atoms with E-state index in [1.54, 1.807) is 7.05 Å². The number of amides is 1. The van der Waals surface area contributed by atoms with Crippen LogP contribution in [0.15, 0.2) is 60.7 Å². The summed E-state index contributed by atoms with van der Waals surface area (Å²) in [6, 6.07) is 19.2. The van der Waals surface area contributed by atoms with Crippen LogP contribution in [-0.4, -0.2) is 18.9 Å². The minimum atomic E-state index is -0.485. The number of hydrogen-bond donors (Lipinski definition) is 1. The van der Waals surface area contributed by atoms with E-state index in [0.29, 0.717) is 6.42 Å². The molecule has 0 spiro atoms. The van der Waals surface area contributed by atoms with Gasteiger partial charge in [-0.1, -0.05) is 60.7 Å². The van der Waals surface area contributed by atoms with Gasteiger partial charge >= 0.3 is 5.97 Å². The van der Waals surface area contributed by atoms with Crippen LogP contribution in [0.3, 0.4) is 0 Å². The van der Waals surface area contributed by atoms with Gasteiger partial charge in [-0.05, 0) is 17.5 Å². The summed E-state index contributed by atoms with van der Waals surface area (Å²) < 4.78 is 5.39. The predicted octanol–water partition coefficient (Wildman–Crippen LogP) is 2.72. The van der Waals surface area contributed by atoms with Crippen molar-refractivity contribution in [3.63, 3.8) is 0 Å². The molecule has 0 aliphatic carbocycles. The second kappa shape index (κ2) is 8.73. The summed E-state index contributed by atoms with van der Waals surface area (Å²) in [5.74, 6) is -0.995. The average molecular weight is 311 g/mol. The van der Waals surface area contributed by atoms with E-state index in [2.05, 4.69) is 5.32 Å². The second-order valence-corrected chi connectivity index (χ2v) is 5.36. The van der Waals surface area contributed by atoms with E-state index < -0.39 is 5.92 Å². The summed E-state index contributed by atoms with van der Waals surface area (Å²) in [6.07, 6.45) is 0.612. The smallest absolute Gasteiger partial charge is 0.310 e. The molecule has 0 saturated heterocycles. The molecule has 1 atom stereocenters. The van der Waals surface area contributed by atoms with Crippen molar-refractivity contribution in [2.75, 3.05) is 7.05 Å². The van der Waals surface area contributed by atoms with Crippen LogP contribution in [0.5, 0.6) is 0 Å². The Kier molecular flexibility index (Phi) is 6.36. The molecule has 4 heteroatoms. The third kappa shape index (κ3) is 5.58. The number of nitrogens with one attached hydrogen (secondary N) is 1. The minimum Gasteiger partial charge on any atom is -0.461 e. The van der Waals surface area contributed by atoms with Crippen LogP contribution in [0.2, 0.25) is 0 Å². The first kappa shape index (κ1) is 16.7. The summed E-state index contributed by atoms with van der Waals surface area (Å²) in [5, 5.41) is 2.56. The van der Waals surface area contributed by atoms with Crippen LogP contribution in [0.25, 0.3) is 0 Å². The number of carbonyl (C=O) groups is 2. The van der Waals surface area contributed by atoms with E-state index in [4.69, 9.17) is 4.74 Å². The van der Waals surface area contributed by atoms with E-state index in [1.807, 2.05) is 60.7 Å². The summed E-state index contributed by atoms with van der Waals surface area (Å²) in [6.45, 7) is 0.221. The molecule has 2 aromatic rings. The molecular weight excluding hydrogens is 290 g/mol. The Bertz CT molecular complexity index is 626. The van der Waals surface area contributed by atoms with Gasteiger partial charge in [-0.15, -0.1) is 0 Å². The van der Waals surface area contributed by atoms with Crippen LogP contribution in [-0.2, 0) is 27.4 Å². The van der Waals surface area contributed by atoms with Crippen molar-refractivity contribution < 1.29 is 14.3 Å². The van der Waals surface area contributed by atoms with Gasteiger partial charge < -0.3 is 10.1 Å². The van der Waals surface area contributed by atoms with E-state index >= 15 is 0 Å². The molecular formula is C19H21NO3. The molecule has 0 aliphatic heterocycles. The molecule has 0 bridgehead atoms. The van der Waals surface area contributed by atoms with Gasteiger partial charge in [0.2, 0.25) is 5.91 Å². The van der Waals surface area contributed by atoms with Crippen molar-refractivity contribution in [1.82, 2.24) is 5.32 Å². The highest BCUT2D eigenvalue weighted by Gasteiger charge is 2.23. The monoisotopic (exact) mass is 311 g/mol. The fraction of sp³-hybridized carbons (Fsp3) is 0.263. The highest BCUT2D eigenvalue weighted by molar-refractivity contribution is 5.83. The topological polar surface area (TPSA) is 55.4 Å². The Labute approximate surface area is 136 Å². The molecule has 0 radical (unpaired) electrons. The lowest BCUT2D eigenvalue weighted by atomic mass is 9.96. The number of benzene rings is 2. The normalized spacial score (nSPS) is 11.5. The van der Waals surface area contributed by atoms with Crippen LogP contribution in [0.1, 0.15) is 17.5 Å². The van der Waals surface area contributed by atoms with Crippen LogP contribution in [0.4, 0.5) is 0 Å². The first-order valence-electron chi connectivity index (χ1n) is 7.64. The molecule has 0 aromatic heterocycles. The standard InChI is InChI=1S/C19H21NO3/c1-20-18(21)13-17(12-15-8-4-2-5-9-15)19(22)23-14-16-10-6-3-7-11-16/h2-11,17H,12-14H2,1H3,(H,20,21)/t17-/m1/s1. The third-order valence-corrected chi connectivity index (χ3v) is 3.59. The number of rotatable bonds is 7. The summed E-state index contributed by atoms with van der Waals surface area (Å²) in [5.41, 5.74) is 1.94. The molecule has 120 valence electrons. The molecule has 1 amide bonds. The van der Waals surface area contributed by atoms with Crippen molar-refractivity contribution in [2.24, 2.45) is 5.92 Å². The number of esters is 1. The highest BCUT2D eigenvalue weighted by atomic mass is 16.5. The maximum Gasteiger partial charge on any atom is 0.310 e. The number of carbonyl (C=O) groups excluding carboxylic acids is 2. The average Bonchev–Trinajstić information content (AvgIpc) is 2.60. The predicted molar refractivity (Wildman–Crippen MR) is 88.6 cm³/mol. The Morgan fingerprint density at radius 2 is 1.52 bits per heavy atom. The van der Waals surface area contributed by atoms with Gasteiger partial charge in [0.15, 0.2) is 0 Å². The van der Waals surface area contributed by atoms with Crippen molar-refractivity contribution in [3.05, 3.63) is 71.8 Å². The largest absolute Gasteiger partial charge is 0.461 e. The van der Waals surface area contributed by atoms with Gasteiger partial charge in [0.25, 0.3) is 0 Å². The van der Waals surface area contributed by atoms with Crippen LogP contribution < -0.4 is 5.32 Å². The Balaban J connectivity index is 2.00. The molecule has 0 unspecified atom stereocenters. The summed E-state index contributed by atoms with van der Waals surface area (Å²) in [7, 11) is 1.57. The first-order chi connectivity index (χ1) is 11.2. The highest BCUT2D eigenvalue weighted by Crippen LogP contribution is 2.15. The molecule has 1 N–H and O–H groups in total. The third-order valence-electron chi connectivity index (χ3n) is 3.59. The van der Waals surface area contributed by atoms with Gasteiger partial charge in [0.1, 0.15) is 6.61 Å². The molecule has 0 heterocycles. The Hall–Kier alpha value is -2.62. The fourth-order valence-electron chi connectivity index (χ4n) is 2.31. The van der Waals surface area contributed by atoms with Crippen molar-refractivity contribution in [2.45, 2.75) is 19.4 Å². The fourth-order valence-corrected chi connectivity index (χ4v) is 2.31. The lowest BCUT2D eigenvalue weighted by molar-refractivity contribution is -0.151. The van der Waals surface area contributed by atoms with E-state index in [-0.39, 0.29) is 24.9 Å². The zero-order valence-corrected chi connectivity index (χ0v) is 13.2. The summed E-state index contributed by atoms with van der Waals surface area (Å²) >= 11 is 0. The van der Waals surface area contributed by atoms with Crippen molar-refractivity contribution in [3.8, 4) is 0 Å². The number of ether oxygens (including phenoxy) is 1. The van der Waals surface area contributed by atoms with E-state index in [9.17, 15) is 9.59 Å². The Morgan fingerprint density at radius 3 is 2.09 bits per heavy atom. The van der Waals surface area contributed by atoms with Gasteiger partial charge in [0.05, 0.1) is 5.92 Å². The van der Waals surface area contributed by atoms with Gasteiger partial charge in [-0.3, -0.25) is 9.59 Å². The summed E-state index contributed by atoms with van der Waals surface area (Å²) in [4.78, 5) is 24.0. The van der Waals surface area contributed by atoms with Crippen molar-refractivity contribution >= 4 is 11.9 Å². The quantitative estimate of drug-likeness (QED) is 0.800. The van der Waals surface area contributed by atoms with Crippen LogP contribution >= 0.6 is 0 Å². The lowest BCUT2D eigenvalue weighted by Crippen LogP contribution is -2.28. The molecule has 2 rings (SSSR count). The van der Waals surface area contributed by atoms with Gasteiger partial charge in [-0.25, -0.2) is 0 Å². The van der Waals surface area contributed by atoms with Gasteiger partial charge in [-0.2, -0.15) is 0 Å². The molecule has 0 aliphatic rings. The molecule has 2 aromatic carbocycles. The number of hydrogen-bond acceptors (Lipinski definition) is 3. The lowest BCUT2D eigenvalue weighted by Gasteiger charge is -2.15.